The van der Waals surface area contributed by atoms with Crippen LogP contribution in [0.25, 0.3) is 0 Å². The Morgan fingerprint density at radius 2 is 2.00 bits per heavy atom. The Morgan fingerprint density at radius 1 is 1.26 bits per heavy atom. The predicted molar refractivity (Wildman–Crippen MR) is 71.5 cm³/mol. The molecule has 0 saturated carbocycles. The van der Waals surface area contributed by atoms with E-state index in [2.05, 4.69) is 10.6 Å². The molecule has 1 aromatic rings. The maximum atomic E-state index is 11.5. The minimum absolute atomic E-state index is 0.270. The first kappa shape index (κ1) is 15.3. The van der Waals surface area contributed by atoms with Crippen LogP contribution in [0.1, 0.15) is 0 Å². The third-order valence-electron chi connectivity index (χ3n) is 2.21. The highest BCUT2D eigenvalue weighted by molar-refractivity contribution is 6.40. The second kappa shape index (κ2) is 7.60. The summed E-state index contributed by atoms with van der Waals surface area (Å²) in [5.74, 6) is -1.01. The summed E-state index contributed by atoms with van der Waals surface area (Å²) in [6.07, 6.45) is 0. The van der Waals surface area contributed by atoms with Gasteiger partial charge >= 0.3 is 11.8 Å². The fourth-order valence-electron chi connectivity index (χ4n) is 1.28. The lowest BCUT2D eigenvalue weighted by Gasteiger charge is -2.08. The van der Waals surface area contributed by atoms with E-state index >= 15 is 0 Å². The molecule has 0 saturated heterocycles. The standard InChI is InChI=1S/C12H15ClN2O4/c1-18-6-5-14-11(16)12(17)15-8-3-4-10(19-2)9(13)7-8/h3-4,7H,5-6H2,1-2H3,(H,14,16)(H,15,17). The zero-order chi connectivity index (χ0) is 14.3. The van der Waals surface area contributed by atoms with Gasteiger partial charge in [-0.25, -0.2) is 0 Å². The molecule has 2 N–H and O–H groups in total. The number of carbonyl (C=O) groups is 2. The van der Waals surface area contributed by atoms with Crippen LogP contribution in [0.15, 0.2) is 18.2 Å². The summed E-state index contributed by atoms with van der Waals surface area (Å²) in [6.45, 7) is 0.611. The molecule has 0 aliphatic rings. The Bertz CT molecular complexity index is 465. The van der Waals surface area contributed by atoms with E-state index in [1.54, 1.807) is 12.1 Å². The van der Waals surface area contributed by atoms with Crippen LogP contribution in [0.4, 0.5) is 5.69 Å². The van der Waals surface area contributed by atoms with Crippen molar-refractivity contribution in [1.29, 1.82) is 0 Å². The first-order valence-electron chi connectivity index (χ1n) is 5.50. The molecule has 1 rings (SSSR count). The van der Waals surface area contributed by atoms with Crippen molar-refractivity contribution in [2.24, 2.45) is 0 Å². The summed E-state index contributed by atoms with van der Waals surface area (Å²) in [6, 6.07) is 4.69. The number of amides is 2. The lowest BCUT2D eigenvalue weighted by atomic mass is 10.3. The number of hydrogen-bond donors (Lipinski definition) is 2. The van der Waals surface area contributed by atoms with Crippen LogP contribution in [0.2, 0.25) is 5.02 Å². The van der Waals surface area contributed by atoms with Gasteiger partial charge in [0.1, 0.15) is 5.75 Å². The second-order valence-corrected chi connectivity index (χ2v) is 3.96. The molecule has 6 nitrogen and oxygen atoms in total. The molecule has 2 amide bonds. The van der Waals surface area contributed by atoms with Crippen molar-refractivity contribution < 1.29 is 19.1 Å². The molecule has 7 heteroatoms. The van der Waals surface area contributed by atoms with Gasteiger partial charge in [0.15, 0.2) is 0 Å². The molecule has 0 radical (unpaired) electrons. The first-order chi connectivity index (χ1) is 9.08. The number of nitrogens with one attached hydrogen (secondary N) is 2. The summed E-state index contributed by atoms with van der Waals surface area (Å²) in [7, 11) is 2.99. The van der Waals surface area contributed by atoms with Crippen LogP contribution in [-0.4, -0.2) is 39.2 Å². The molecular weight excluding hydrogens is 272 g/mol. The molecule has 0 bridgehead atoms. The van der Waals surface area contributed by atoms with Gasteiger partial charge in [-0.15, -0.1) is 0 Å². The Labute approximate surface area is 116 Å². The fraction of sp³-hybridized carbons (Fsp3) is 0.333. The van der Waals surface area contributed by atoms with Crippen LogP contribution in [0, 0.1) is 0 Å². The summed E-state index contributed by atoms with van der Waals surface area (Å²) >= 11 is 5.90. The smallest absolute Gasteiger partial charge is 0.313 e. The summed E-state index contributed by atoms with van der Waals surface area (Å²) in [4.78, 5) is 22.9. The highest BCUT2D eigenvalue weighted by atomic mass is 35.5. The van der Waals surface area contributed by atoms with E-state index in [1.165, 1.54) is 20.3 Å². The summed E-state index contributed by atoms with van der Waals surface area (Å²) < 4.78 is 9.73. The van der Waals surface area contributed by atoms with Gasteiger partial charge in [-0.05, 0) is 18.2 Å². The molecular formula is C12H15ClN2O4. The van der Waals surface area contributed by atoms with Crippen molar-refractivity contribution in [3.8, 4) is 5.75 Å². The first-order valence-corrected chi connectivity index (χ1v) is 5.88. The van der Waals surface area contributed by atoms with E-state index in [9.17, 15) is 9.59 Å². The quantitative estimate of drug-likeness (QED) is 0.626. The van der Waals surface area contributed by atoms with Crippen LogP contribution in [0.5, 0.6) is 5.75 Å². The van der Waals surface area contributed by atoms with Crippen LogP contribution in [0.3, 0.4) is 0 Å². The predicted octanol–water partition coefficient (Wildman–Crippen LogP) is 1.05. The van der Waals surface area contributed by atoms with E-state index in [0.717, 1.165) is 0 Å². The van der Waals surface area contributed by atoms with Gasteiger partial charge in [-0.1, -0.05) is 11.6 Å². The number of halogens is 1. The topological polar surface area (TPSA) is 76.7 Å². The van der Waals surface area contributed by atoms with E-state index in [-0.39, 0.29) is 6.54 Å². The number of ether oxygens (including phenoxy) is 2. The van der Waals surface area contributed by atoms with E-state index < -0.39 is 11.8 Å². The van der Waals surface area contributed by atoms with Crippen molar-refractivity contribution in [3.05, 3.63) is 23.2 Å². The third kappa shape index (κ3) is 4.76. The highest BCUT2D eigenvalue weighted by Crippen LogP contribution is 2.27. The number of benzene rings is 1. The SMILES string of the molecule is COCCNC(=O)C(=O)Nc1ccc(OC)c(Cl)c1. The minimum Gasteiger partial charge on any atom is -0.495 e. The third-order valence-corrected chi connectivity index (χ3v) is 2.50. The average Bonchev–Trinajstić information content (AvgIpc) is 2.39. The lowest BCUT2D eigenvalue weighted by molar-refractivity contribution is -0.136. The monoisotopic (exact) mass is 286 g/mol. The van der Waals surface area contributed by atoms with Crippen LogP contribution in [-0.2, 0) is 14.3 Å². The Balaban J connectivity index is 2.56. The van der Waals surface area contributed by atoms with Gasteiger partial charge in [0.25, 0.3) is 0 Å². The fourth-order valence-corrected chi connectivity index (χ4v) is 1.54. The van der Waals surface area contributed by atoms with Crippen molar-refractivity contribution in [3.63, 3.8) is 0 Å². The highest BCUT2D eigenvalue weighted by Gasteiger charge is 2.13. The number of methoxy groups -OCH3 is 2. The summed E-state index contributed by atoms with van der Waals surface area (Å²) in [5, 5.41) is 5.18. The molecule has 104 valence electrons. The molecule has 19 heavy (non-hydrogen) atoms. The van der Waals surface area contributed by atoms with E-state index in [1.807, 2.05) is 0 Å². The molecule has 0 fully saturated rings. The molecule has 0 unspecified atom stereocenters. The largest absolute Gasteiger partial charge is 0.495 e. The zero-order valence-corrected chi connectivity index (χ0v) is 11.4. The number of hydrogen-bond acceptors (Lipinski definition) is 4. The zero-order valence-electron chi connectivity index (χ0n) is 10.7. The second-order valence-electron chi connectivity index (χ2n) is 3.55. The molecule has 0 spiro atoms. The van der Waals surface area contributed by atoms with Crippen molar-refractivity contribution in [2.75, 3.05) is 32.7 Å². The number of rotatable bonds is 5. The van der Waals surface area contributed by atoms with Gasteiger partial charge < -0.3 is 20.1 Å². The Kier molecular flexibility index (Phi) is 6.11. The van der Waals surface area contributed by atoms with E-state index in [0.29, 0.717) is 23.1 Å². The van der Waals surface area contributed by atoms with Crippen LogP contribution >= 0.6 is 11.6 Å². The minimum atomic E-state index is -0.766. The molecule has 0 heterocycles. The molecule has 1 aromatic carbocycles. The molecule has 0 atom stereocenters. The van der Waals surface area contributed by atoms with Gasteiger partial charge in [0.05, 0.1) is 18.7 Å². The maximum absolute atomic E-state index is 11.5. The van der Waals surface area contributed by atoms with Crippen LogP contribution < -0.4 is 15.4 Å². The summed E-state index contributed by atoms with van der Waals surface area (Å²) in [5.41, 5.74) is 0.415. The number of anilines is 1. The lowest BCUT2D eigenvalue weighted by Crippen LogP contribution is -2.37. The average molecular weight is 287 g/mol. The van der Waals surface area contributed by atoms with Gasteiger partial charge in [0, 0.05) is 19.3 Å². The van der Waals surface area contributed by atoms with Crippen molar-refractivity contribution in [2.45, 2.75) is 0 Å². The van der Waals surface area contributed by atoms with E-state index in [4.69, 9.17) is 21.1 Å². The Morgan fingerprint density at radius 3 is 2.58 bits per heavy atom. The number of carbonyl (C=O) groups excluding carboxylic acids is 2. The van der Waals surface area contributed by atoms with Crippen molar-refractivity contribution in [1.82, 2.24) is 5.32 Å². The maximum Gasteiger partial charge on any atom is 0.313 e. The van der Waals surface area contributed by atoms with Gasteiger partial charge in [-0.3, -0.25) is 9.59 Å². The molecule has 0 aliphatic carbocycles. The Hall–Kier alpha value is -1.79. The van der Waals surface area contributed by atoms with Crippen molar-refractivity contribution >= 4 is 29.1 Å². The molecule has 0 aliphatic heterocycles. The van der Waals surface area contributed by atoms with Gasteiger partial charge in [-0.2, -0.15) is 0 Å². The molecule has 0 aromatic heterocycles. The normalized spacial score (nSPS) is 9.84. The van der Waals surface area contributed by atoms with Gasteiger partial charge in [0.2, 0.25) is 0 Å².